The van der Waals surface area contributed by atoms with Gasteiger partial charge in [-0.15, -0.1) is 0 Å². The molecule has 0 saturated heterocycles. The molecule has 21 atom stereocenters. The zero-order valence-electron chi connectivity index (χ0n) is 69.2. The third-order valence-electron chi connectivity index (χ3n) is 29.3. The van der Waals surface area contributed by atoms with Gasteiger partial charge in [0.2, 0.25) is 0 Å². The number of hydrogen-bond acceptors (Lipinski definition) is 3. The van der Waals surface area contributed by atoms with Crippen LogP contribution in [0.15, 0.2) is 316 Å². The van der Waals surface area contributed by atoms with Crippen LogP contribution in [0.3, 0.4) is 0 Å². The molecule has 0 N–H and O–H groups in total. The van der Waals surface area contributed by atoms with Crippen molar-refractivity contribution in [1.29, 1.82) is 0 Å². The van der Waals surface area contributed by atoms with Crippen molar-refractivity contribution in [2.75, 3.05) is 13.2 Å². The molecule has 3 heteroatoms. The van der Waals surface area contributed by atoms with Gasteiger partial charge < -0.3 is 14.2 Å². The number of benzene rings is 8. The van der Waals surface area contributed by atoms with Crippen molar-refractivity contribution in [2.24, 2.45) is 118 Å². The predicted octanol–water partition coefficient (Wildman–Crippen LogP) is 28.7. The minimum absolute atomic E-state index is 0.472. The molecule has 14 aliphatic carbocycles. The topological polar surface area (TPSA) is 27.7 Å². The van der Waals surface area contributed by atoms with Gasteiger partial charge in [-0.2, -0.15) is 0 Å². The van der Waals surface area contributed by atoms with Crippen LogP contribution in [-0.4, -0.2) is 19.3 Å². The first-order valence-corrected chi connectivity index (χ1v) is 46.0. The van der Waals surface area contributed by atoms with Crippen LogP contribution >= 0.6 is 0 Å². The first-order valence-electron chi connectivity index (χ1n) is 46.0. The summed E-state index contributed by atoms with van der Waals surface area (Å²) in [5.41, 5.74) is 10.7. The molecule has 14 bridgehead atoms. The Bertz CT molecular complexity index is 4350. The van der Waals surface area contributed by atoms with E-state index in [9.17, 15) is 0 Å². The summed E-state index contributed by atoms with van der Waals surface area (Å²) in [4.78, 5) is 0. The summed E-state index contributed by atoms with van der Waals surface area (Å²) in [6, 6.07) is 81.0. The average molecular weight is 1530 g/mol. The van der Waals surface area contributed by atoms with Crippen LogP contribution in [0.1, 0.15) is 170 Å². The second-order valence-electron chi connectivity index (χ2n) is 37.1. The van der Waals surface area contributed by atoms with Crippen molar-refractivity contribution in [3.63, 3.8) is 0 Å². The largest absolute Gasteiger partial charge is 0.494 e. The van der Waals surface area contributed by atoms with Gasteiger partial charge in [0.25, 0.3) is 0 Å². The number of fused-ring (bicyclic) bond motifs is 14. The molecule has 3 nitrogen and oxygen atoms in total. The smallest absolute Gasteiger partial charge is 0.127 e. The van der Waals surface area contributed by atoms with Gasteiger partial charge in [-0.3, -0.25) is 0 Å². The molecule has 14 aliphatic rings. The Morgan fingerprint density at radius 3 is 1.05 bits per heavy atom. The molecule has 598 valence electrons. The van der Waals surface area contributed by atoms with Crippen LogP contribution in [-0.2, 0) is 30.6 Å². The molecule has 115 heavy (non-hydrogen) atoms. The fraction of sp³-hybridized carbons (Fsp3) is 0.446. The highest BCUT2D eigenvalue weighted by Crippen LogP contribution is 2.51. The van der Waals surface area contributed by atoms with Crippen molar-refractivity contribution in [3.05, 3.63) is 338 Å². The monoisotopic (exact) mass is 1530 g/mol. The minimum atomic E-state index is 0.472. The molecule has 8 aromatic rings. The Morgan fingerprint density at radius 2 is 0.617 bits per heavy atom. The highest BCUT2D eigenvalue weighted by atomic mass is 16.5. The Hall–Kier alpha value is -8.50. The molecule has 22 rings (SSSR count). The molecule has 8 aromatic carbocycles. The van der Waals surface area contributed by atoms with Crippen molar-refractivity contribution in [1.82, 2.24) is 0 Å². The van der Waals surface area contributed by atoms with Gasteiger partial charge >= 0.3 is 0 Å². The maximum Gasteiger partial charge on any atom is 0.127 e. The third-order valence-corrected chi connectivity index (χ3v) is 29.3. The molecule has 0 amide bonds. The number of aryl methyl sites for hydroxylation is 2. The van der Waals surface area contributed by atoms with E-state index in [-0.39, 0.29) is 0 Å². The lowest BCUT2D eigenvalue weighted by Gasteiger charge is -2.19. The van der Waals surface area contributed by atoms with E-state index in [0.717, 1.165) is 144 Å². The highest BCUT2D eigenvalue weighted by molar-refractivity contribution is 5.70. The molecular weight excluding hydrogens is 1390 g/mol. The summed E-state index contributed by atoms with van der Waals surface area (Å²) >= 11 is 0. The van der Waals surface area contributed by atoms with E-state index in [1.807, 2.05) is 12.1 Å². The number of ether oxygens (including phenoxy) is 3. The number of para-hydroxylation sites is 1. The van der Waals surface area contributed by atoms with Gasteiger partial charge in [0, 0.05) is 11.5 Å². The van der Waals surface area contributed by atoms with Crippen LogP contribution < -0.4 is 9.47 Å². The number of hydrogen-bond donors (Lipinski definition) is 0. The average Bonchev–Trinajstić information content (AvgIpc) is 1.81. The first-order chi connectivity index (χ1) is 56.8. The van der Waals surface area contributed by atoms with Crippen LogP contribution in [0.4, 0.5) is 0 Å². The second-order valence-corrected chi connectivity index (χ2v) is 37.1. The fourth-order valence-corrected chi connectivity index (χ4v) is 23.0. The number of unbranched alkanes of at least 4 members (excludes halogenated alkanes) is 1. The van der Waals surface area contributed by atoms with E-state index in [1.165, 1.54) is 205 Å². The lowest BCUT2D eigenvalue weighted by Crippen LogP contribution is -2.17. The van der Waals surface area contributed by atoms with Gasteiger partial charge in [-0.25, -0.2) is 0 Å². The van der Waals surface area contributed by atoms with Crippen molar-refractivity contribution >= 4 is 0 Å². The SMILES string of the molecule is C1=CC2CC1CC2CCCc1ccccc1.C1=CC2CC1CC2CCOc1ccc(-c2ccccc2)cc1.C1=CC2CC1CC2CCOc1ccccc1-c1ccccc1.C1=CC2CC1CC2CCc1ccccc1.C1=CC2CC1CC2Cc1ccccc1.C1=CC2CC1CC2OCc1ccccc1.CCCCC1CC2C=CC1C2. The molecule has 0 aliphatic heterocycles. The van der Waals surface area contributed by atoms with Gasteiger partial charge in [-0.05, 0) is 317 Å². The summed E-state index contributed by atoms with van der Waals surface area (Å²) in [7, 11) is 0. The molecular formula is C112H132O3. The molecule has 7 fully saturated rings. The quantitative estimate of drug-likeness (QED) is 0.0534. The van der Waals surface area contributed by atoms with Gasteiger partial charge in [0.15, 0.2) is 0 Å². The summed E-state index contributed by atoms with van der Waals surface area (Å²) in [5, 5.41) is 0. The maximum atomic E-state index is 6.14. The standard InChI is InChI=1S/2C21H22O.C16H20.C15H18.C14H16O.C14H16.C11H18/c1-2-6-17(7-3-1)20-8-4-5-9-21(20)22-13-12-19-15-16-10-11-18(19)14-16;1-2-4-17(5-3-1)18-8-10-21(11-9-18)22-13-12-20-15-16-6-7-19(20)14-16;1-2-5-13(6-3-1)7-4-8-15-11-14-9-10-16(15)12-14;1-2-4-12(5-3-1)6-8-14-10-13-7-9-15(14)11-13;1-2-4-11(5-3-1)10-15-14-9-12-6-7-13(14)8-12;1-2-4-11(5-3-1)8-14-10-12-6-7-13(14)9-12;1-2-3-4-10-7-9-5-6-11(10)8-9/h1-11,16,18-19H,12-15H2;1-11,16,19-20H,12-15H2;1-3,5-6,9-10,14-16H,4,7-8,11-12H2;1-5,7,9,13-15H,6,8,10-11H2;1-7,12-14H,8-10H2;1-7,12-14H,8-10H2;5-6,9-11H,2-4,7-8H2,1H3. The van der Waals surface area contributed by atoms with E-state index in [0.29, 0.717) is 12.0 Å². The van der Waals surface area contributed by atoms with Crippen molar-refractivity contribution in [3.8, 4) is 33.8 Å². The van der Waals surface area contributed by atoms with Gasteiger partial charge in [-0.1, -0.05) is 317 Å². The molecule has 0 radical (unpaired) electrons. The summed E-state index contributed by atoms with van der Waals surface area (Å²) in [6.45, 7) is 4.73. The molecule has 0 aromatic heterocycles. The van der Waals surface area contributed by atoms with E-state index >= 15 is 0 Å². The zero-order valence-corrected chi connectivity index (χ0v) is 69.2. The van der Waals surface area contributed by atoms with Crippen LogP contribution in [0.2, 0.25) is 0 Å². The molecule has 21 unspecified atom stereocenters. The molecule has 0 spiro atoms. The van der Waals surface area contributed by atoms with Crippen molar-refractivity contribution in [2.45, 2.75) is 180 Å². The third kappa shape index (κ3) is 22.6. The lowest BCUT2D eigenvalue weighted by atomic mass is 9.88. The Morgan fingerprint density at radius 1 is 0.261 bits per heavy atom. The Labute approximate surface area is 693 Å². The van der Waals surface area contributed by atoms with Gasteiger partial charge in [0.1, 0.15) is 11.5 Å². The lowest BCUT2D eigenvalue weighted by molar-refractivity contribution is 0.0245. The molecule has 0 heterocycles. The number of rotatable bonds is 25. The summed E-state index contributed by atoms with van der Waals surface area (Å²) in [6.07, 6.45) is 68.8. The van der Waals surface area contributed by atoms with E-state index in [2.05, 4.69) is 310 Å². The Kier molecular flexibility index (Phi) is 28.7. The van der Waals surface area contributed by atoms with Gasteiger partial charge in [0.05, 0.1) is 25.9 Å². The van der Waals surface area contributed by atoms with E-state index in [1.54, 1.807) is 0 Å². The maximum absolute atomic E-state index is 6.14. The number of allylic oxidation sites excluding steroid dienone is 13. The van der Waals surface area contributed by atoms with Crippen LogP contribution in [0.5, 0.6) is 11.5 Å². The van der Waals surface area contributed by atoms with Crippen LogP contribution in [0, 0.1) is 118 Å². The second kappa shape index (κ2) is 41.1. The molecule has 7 saturated carbocycles. The normalized spacial score (nSPS) is 30.5. The predicted molar refractivity (Wildman–Crippen MR) is 481 cm³/mol. The minimum Gasteiger partial charge on any atom is -0.494 e. The van der Waals surface area contributed by atoms with Crippen LogP contribution in [0.25, 0.3) is 22.3 Å². The first kappa shape index (κ1) is 80.3. The summed E-state index contributed by atoms with van der Waals surface area (Å²) < 4.78 is 18.1. The van der Waals surface area contributed by atoms with E-state index in [4.69, 9.17) is 14.2 Å². The van der Waals surface area contributed by atoms with E-state index < -0.39 is 0 Å². The fourth-order valence-electron chi connectivity index (χ4n) is 23.0. The highest BCUT2D eigenvalue weighted by Gasteiger charge is 2.41. The summed E-state index contributed by atoms with van der Waals surface area (Å²) in [5.74, 6) is 19.9. The Balaban J connectivity index is 0.000000102. The van der Waals surface area contributed by atoms with Crippen molar-refractivity contribution < 1.29 is 14.2 Å². The zero-order chi connectivity index (χ0) is 77.6.